The molecule has 1 fully saturated rings. The second-order valence-electron chi connectivity index (χ2n) is 6.23. The van der Waals surface area contributed by atoms with E-state index in [4.69, 9.17) is 10.5 Å². The van der Waals surface area contributed by atoms with Crippen LogP contribution >= 0.6 is 0 Å². The first-order chi connectivity index (χ1) is 13.0. The van der Waals surface area contributed by atoms with Crippen LogP contribution in [0.15, 0.2) is 24.5 Å². The predicted octanol–water partition coefficient (Wildman–Crippen LogP) is 2.86. The van der Waals surface area contributed by atoms with Gasteiger partial charge in [0.15, 0.2) is 23.3 Å². The van der Waals surface area contributed by atoms with Crippen molar-refractivity contribution in [3.8, 4) is 0 Å². The summed E-state index contributed by atoms with van der Waals surface area (Å²) in [7, 11) is 0. The molecule has 3 N–H and O–H groups in total. The van der Waals surface area contributed by atoms with Gasteiger partial charge in [0.05, 0.1) is 12.5 Å². The molecule has 0 atom stereocenters. The molecule has 0 saturated carbocycles. The van der Waals surface area contributed by atoms with Crippen LogP contribution in [0.5, 0.6) is 0 Å². The molecule has 27 heavy (non-hydrogen) atoms. The highest BCUT2D eigenvalue weighted by Gasteiger charge is 2.28. The Labute approximate surface area is 155 Å². The van der Waals surface area contributed by atoms with E-state index >= 15 is 0 Å². The van der Waals surface area contributed by atoms with Gasteiger partial charge in [0.25, 0.3) is 0 Å². The highest BCUT2D eigenvalue weighted by atomic mass is 19.2. The Bertz CT molecular complexity index is 825. The number of nitrogens with zero attached hydrogens (tertiary/aromatic N) is 3. The van der Waals surface area contributed by atoms with E-state index in [0.717, 1.165) is 12.1 Å². The van der Waals surface area contributed by atoms with Crippen LogP contribution in [0, 0.1) is 17.6 Å². The first kappa shape index (κ1) is 18.8. The summed E-state index contributed by atoms with van der Waals surface area (Å²) in [5.41, 5.74) is 6.81. The Morgan fingerprint density at radius 3 is 2.70 bits per heavy atom. The molecule has 0 radical (unpaired) electrons. The molecule has 0 bridgehead atoms. The lowest BCUT2D eigenvalue weighted by molar-refractivity contribution is -0.148. The maximum absolute atomic E-state index is 13.4. The normalized spacial score (nSPS) is 14.9. The van der Waals surface area contributed by atoms with E-state index in [-0.39, 0.29) is 11.9 Å². The molecule has 1 aliphatic heterocycles. The number of benzene rings is 1. The van der Waals surface area contributed by atoms with Crippen LogP contribution in [0.25, 0.3) is 0 Å². The summed E-state index contributed by atoms with van der Waals surface area (Å²) in [5, 5.41) is 2.88. The zero-order valence-corrected chi connectivity index (χ0v) is 14.9. The van der Waals surface area contributed by atoms with Crippen molar-refractivity contribution in [3.05, 3.63) is 36.2 Å². The van der Waals surface area contributed by atoms with Crippen LogP contribution in [-0.4, -0.2) is 35.6 Å². The van der Waals surface area contributed by atoms with E-state index in [1.54, 1.807) is 6.92 Å². The Morgan fingerprint density at radius 1 is 1.30 bits per heavy atom. The van der Waals surface area contributed by atoms with Gasteiger partial charge >= 0.3 is 5.97 Å². The number of nitrogen functional groups attached to an aromatic ring is 1. The smallest absolute Gasteiger partial charge is 0.309 e. The molecule has 0 spiro atoms. The first-order valence-corrected chi connectivity index (χ1v) is 8.73. The Morgan fingerprint density at radius 2 is 2.04 bits per heavy atom. The number of esters is 1. The minimum Gasteiger partial charge on any atom is -0.466 e. The minimum absolute atomic E-state index is 0.121. The molecule has 3 rings (SSSR count). The monoisotopic (exact) mass is 377 g/mol. The van der Waals surface area contributed by atoms with E-state index in [1.807, 2.05) is 4.90 Å². The molecule has 9 heteroatoms. The van der Waals surface area contributed by atoms with E-state index < -0.39 is 11.6 Å². The summed E-state index contributed by atoms with van der Waals surface area (Å²) >= 11 is 0. The topological polar surface area (TPSA) is 93.4 Å². The van der Waals surface area contributed by atoms with Crippen LogP contribution in [0.3, 0.4) is 0 Å². The second-order valence-corrected chi connectivity index (χ2v) is 6.23. The number of nitrogens with two attached hydrogens (primary N) is 1. The number of carbonyl (C=O) groups excluding carboxylic acids is 1. The predicted molar refractivity (Wildman–Crippen MR) is 97.7 cm³/mol. The lowest BCUT2D eigenvalue weighted by Gasteiger charge is -2.32. The fourth-order valence-electron chi connectivity index (χ4n) is 3.04. The third kappa shape index (κ3) is 4.24. The van der Waals surface area contributed by atoms with Gasteiger partial charge in [0, 0.05) is 24.8 Å². The van der Waals surface area contributed by atoms with Crippen molar-refractivity contribution in [2.24, 2.45) is 5.92 Å². The van der Waals surface area contributed by atoms with Gasteiger partial charge in [-0.05, 0) is 31.9 Å². The average Bonchev–Trinajstić information content (AvgIpc) is 2.67. The van der Waals surface area contributed by atoms with Gasteiger partial charge in [0.2, 0.25) is 0 Å². The van der Waals surface area contributed by atoms with Crippen LogP contribution in [0.1, 0.15) is 19.8 Å². The molecular weight excluding hydrogens is 356 g/mol. The van der Waals surface area contributed by atoms with Gasteiger partial charge in [0.1, 0.15) is 12.0 Å². The molecule has 144 valence electrons. The molecule has 1 aliphatic rings. The summed E-state index contributed by atoms with van der Waals surface area (Å²) in [6.45, 7) is 3.37. The lowest BCUT2D eigenvalue weighted by atomic mass is 9.97. The Kier molecular flexibility index (Phi) is 5.68. The van der Waals surface area contributed by atoms with Gasteiger partial charge < -0.3 is 20.7 Å². The molecule has 1 aromatic carbocycles. The largest absolute Gasteiger partial charge is 0.466 e. The van der Waals surface area contributed by atoms with Crippen LogP contribution in [0.4, 0.5) is 31.8 Å². The Balaban J connectivity index is 1.72. The lowest BCUT2D eigenvalue weighted by Crippen LogP contribution is -2.37. The number of halogens is 2. The maximum atomic E-state index is 13.4. The molecular formula is C18H21F2N5O2. The fraction of sp³-hybridized carbons (Fsp3) is 0.389. The number of hydrogen-bond donors (Lipinski definition) is 2. The molecule has 0 aliphatic carbocycles. The fourth-order valence-corrected chi connectivity index (χ4v) is 3.04. The number of rotatable bonds is 5. The van der Waals surface area contributed by atoms with Gasteiger partial charge in [-0.1, -0.05) is 0 Å². The molecule has 0 amide bonds. The van der Waals surface area contributed by atoms with Crippen LogP contribution < -0.4 is 16.0 Å². The van der Waals surface area contributed by atoms with E-state index in [1.165, 1.54) is 12.4 Å². The molecule has 7 nitrogen and oxygen atoms in total. The molecule has 2 heterocycles. The number of aromatic nitrogens is 2. The number of hydrogen-bond acceptors (Lipinski definition) is 7. The average molecular weight is 377 g/mol. The third-order valence-corrected chi connectivity index (χ3v) is 4.46. The van der Waals surface area contributed by atoms with E-state index in [0.29, 0.717) is 55.5 Å². The number of piperidine rings is 1. The van der Waals surface area contributed by atoms with Crippen molar-refractivity contribution in [1.29, 1.82) is 0 Å². The summed E-state index contributed by atoms with van der Waals surface area (Å²) in [6, 6.07) is 3.45. The van der Waals surface area contributed by atoms with Gasteiger partial charge in [-0.25, -0.2) is 18.7 Å². The third-order valence-electron chi connectivity index (χ3n) is 4.46. The molecule has 2 aromatic rings. The summed E-state index contributed by atoms with van der Waals surface area (Å²) < 4.78 is 31.5. The number of ether oxygens (including phenoxy) is 1. The van der Waals surface area contributed by atoms with Crippen LogP contribution in [0.2, 0.25) is 0 Å². The maximum Gasteiger partial charge on any atom is 0.309 e. The second kappa shape index (κ2) is 8.15. The van der Waals surface area contributed by atoms with Crippen molar-refractivity contribution < 1.29 is 18.3 Å². The quantitative estimate of drug-likeness (QED) is 0.774. The standard InChI is InChI=1S/C18H21F2N5O2/c1-2-27-18(26)11-5-7-25(8-6-11)17-15(21)16(22-10-23-17)24-12-3-4-13(19)14(20)9-12/h3-4,9-11H,2,5-8,21H2,1H3,(H,22,23,24). The molecule has 1 aromatic heterocycles. The highest BCUT2D eigenvalue weighted by molar-refractivity contribution is 5.78. The zero-order chi connectivity index (χ0) is 19.4. The van der Waals surface area contributed by atoms with Gasteiger partial charge in [-0.15, -0.1) is 0 Å². The van der Waals surface area contributed by atoms with Crippen molar-refractivity contribution in [2.75, 3.05) is 35.6 Å². The van der Waals surface area contributed by atoms with Crippen molar-refractivity contribution >= 4 is 29.0 Å². The number of anilines is 4. The molecule has 0 unspecified atom stereocenters. The van der Waals surface area contributed by atoms with Crippen molar-refractivity contribution in [1.82, 2.24) is 9.97 Å². The first-order valence-electron chi connectivity index (χ1n) is 8.73. The highest BCUT2D eigenvalue weighted by Crippen LogP contribution is 2.31. The SMILES string of the molecule is CCOC(=O)C1CCN(c2ncnc(Nc3ccc(F)c(F)c3)c2N)CC1. The van der Waals surface area contributed by atoms with E-state index in [9.17, 15) is 13.6 Å². The van der Waals surface area contributed by atoms with Gasteiger partial charge in [-0.3, -0.25) is 4.79 Å². The summed E-state index contributed by atoms with van der Waals surface area (Å²) in [4.78, 5) is 22.2. The summed E-state index contributed by atoms with van der Waals surface area (Å²) in [5.74, 6) is -1.34. The Hall–Kier alpha value is -2.97. The summed E-state index contributed by atoms with van der Waals surface area (Å²) in [6.07, 6.45) is 2.65. The zero-order valence-electron chi connectivity index (χ0n) is 14.9. The molecule has 1 saturated heterocycles. The van der Waals surface area contributed by atoms with Crippen LogP contribution in [-0.2, 0) is 9.53 Å². The number of nitrogens with one attached hydrogen (secondary N) is 1. The number of carbonyl (C=O) groups is 1. The van der Waals surface area contributed by atoms with Gasteiger partial charge in [-0.2, -0.15) is 0 Å². The van der Waals surface area contributed by atoms with Crippen molar-refractivity contribution in [2.45, 2.75) is 19.8 Å². The minimum atomic E-state index is -0.964. The van der Waals surface area contributed by atoms with E-state index in [2.05, 4.69) is 15.3 Å². The van der Waals surface area contributed by atoms with Crippen molar-refractivity contribution in [3.63, 3.8) is 0 Å².